The number of carbonyl (C=O) groups is 1. The van der Waals surface area contributed by atoms with Crippen LogP contribution in [0.4, 0.5) is 5.82 Å². The number of nitrogens with two attached hydrogens (primary N) is 1. The molecule has 0 aliphatic rings. The smallest absolute Gasteiger partial charge is 0.269 e. The molecule has 20 heavy (non-hydrogen) atoms. The summed E-state index contributed by atoms with van der Waals surface area (Å²) in [5.41, 5.74) is 6.92. The summed E-state index contributed by atoms with van der Waals surface area (Å²) in [6.45, 7) is 0.510. The van der Waals surface area contributed by atoms with E-state index in [1.807, 2.05) is 24.3 Å². The van der Waals surface area contributed by atoms with Gasteiger partial charge in [0.2, 0.25) is 0 Å². The molecule has 1 amide bonds. The molecule has 0 fully saturated rings. The van der Waals surface area contributed by atoms with Crippen molar-refractivity contribution in [3.05, 3.63) is 53.7 Å². The van der Waals surface area contributed by atoms with Gasteiger partial charge in [0.15, 0.2) is 0 Å². The fourth-order valence-corrected chi connectivity index (χ4v) is 1.89. The van der Waals surface area contributed by atoms with E-state index in [1.54, 1.807) is 25.3 Å². The Balaban J connectivity index is 1.91. The van der Waals surface area contributed by atoms with Gasteiger partial charge in [0.1, 0.15) is 17.3 Å². The first kappa shape index (κ1) is 13.9. The largest absolute Gasteiger partial charge is 0.496 e. The van der Waals surface area contributed by atoms with Crippen molar-refractivity contribution in [2.24, 2.45) is 0 Å². The third-order valence-electron chi connectivity index (χ3n) is 2.88. The normalized spacial score (nSPS) is 10.1. The highest BCUT2D eigenvalue weighted by molar-refractivity contribution is 5.92. The zero-order valence-electron chi connectivity index (χ0n) is 11.3. The van der Waals surface area contributed by atoms with Gasteiger partial charge in [0.05, 0.1) is 7.11 Å². The van der Waals surface area contributed by atoms with Crippen LogP contribution in [0.3, 0.4) is 0 Å². The van der Waals surface area contributed by atoms with Crippen LogP contribution in [0, 0.1) is 0 Å². The molecule has 0 unspecified atom stereocenters. The number of anilines is 1. The second kappa shape index (κ2) is 6.56. The summed E-state index contributed by atoms with van der Waals surface area (Å²) in [6, 6.07) is 12.7. The Morgan fingerprint density at radius 2 is 2.05 bits per heavy atom. The summed E-state index contributed by atoms with van der Waals surface area (Å²) in [6.07, 6.45) is 0.693. The number of nitrogens with one attached hydrogen (secondary N) is 1. The molecule has 5 nitrogen and oxygen atoms in total. The summed E-state index contributed by atoms with van der Waals surface area (Å²) < 4.78 is 5.26. The van der Waals surface area contributed by atoms with Crippen molar-refractivity contribution in [1.82, 2.24) is 10.3 Å². The molecule has 2 rings (SSSR count). The molecule has 0 aliphatic carbocycles. The Morgan fingerprint density at radius 1 is 1.25 bits per heavy atom. The van der Waals surface area contributed by atoms with Gasteiger partial charge in [-0.25, -0.2) is 4.98 Å². The van der Waals surface area contributed by atoms with E-state index in [9.17, 15) is 4.79 Å². The standard InChI is InChI=1S/C15H17N3O2/c1-20-13-7-3-2-5-11(13)9-10-17-15(19)12-6-4-8-14(16)18-12/h2-8H,9-10H2,1H3,(H2,16,18)(H,17,19). The lowest BCUT2D eigenvalue weighted by atomic mass is 10.1. The first-order valence-corrected chi connectivity index (χ1v) is 6.33. The van der Waals surface area contributed by atoms with E-state index in [0.29, 0.717) is 24.5 Å². The van der Waals surface area contributed by atoms with Crippen LogP contribution in [0.1, 0.15) is 16.1 Å². The lowest BCUT2D eigenvalue weighted by Crippen LogP contribution is -2.26. The van der Waals surface area contributed by atoms with E-state index >= 15 is 0 Å². The lowest BCUT2D eigenvalue weighted by Gasteiger charge is -2.09. The predicted octanol–water partition coefficient (Wildman–Crippen LogP) is 1.64. The van der Waals surface area contributed by atoms with Gasteiger partial charge in [-0.15, -0.1) is 0 Å². The minimum atomic E-state index is -0.229. The van der Waals surface area contributed by atoms with Crippen molar-refractivity contribution in [1.29, 1.82) is 0 Å². The van der Waals surface area contributed by atoms with Crippen LogP contribution in [-0.2, 0) is 6.42 Å². The highest BCUT2D eigenvalue weighted by atomic mass is 16.5. The van der Waals surface area contributed by atoms with E-state index in [0.717, 1.165) is 11.3 Å². The minimum absolute atomic E-state index is 0.229. The molecule has 1 aromatic carbocycles. The zero-order valence-corrected chi connectivity index (χ0v) is 11.3. The predicted molar refractivity (Wildman–Crippen MR) is 77.7 cm³/mol. The first-order valence-electron chi connectivity index (χ1n) is 6.33. The first-order chi connectivity index (χ1) is 9.70. The van der Waals surface area contributed by atoms with Crippen LogP contribution in [0.15, 0.2) is 42.5 Å². The number of nitrogen functional groups attached to an aromatic ring is 1. The minimum Gasteiger partial charge on any atom is -0.496 e. The summed E-state index contributed by atoms with van der Waals surface area (Å²) in [5, 5.41) is 2.81. The number of methoxy groups -OCH3 is 1. The van der Waals surface area contributed by atoms with Gasteiger partial charge < -0.3 is 15.8 Å². The maximum atomic E-state index is 11.9. The number of rotatable bonds is 5. The number of para-hydroxylation sites is 1. The second-order valence-corrected chi connectivity index (χ2v) is 4.27. The summed E-state index contributed by atoms with van der Waals surface area (Å²) >= 11 is 0. The molecule has 104 valence electrons. The van der Waals surface area contributed by atoms with Crippen molar-refractivity contribution < 1.29 is 9.53 Å². The SMILES string of the molecule is COc1ccccc1CCNC(=O)c1cccc(N)n1. The maximum absolute atomic E-state index is 11.9. The van der Waals surface area contributed by atoms with Crippen LogP contribution < -0.4 is 15.8 Å². The highest BCUT2D eigenvalue weighted by Gasteiger charge is 2.07. The second-order valence-electron chi connectivity index (χ2n) is 4.27. The van der Waals surface area contributed by atoms with Gasteiger partial charge in [-0.1, -0.05) is 24.3 Å². The van der Waals surface area contributed by atoms with Crippen molar-refractivity contribution in [2.45, 2.75) is 6.42 Å². The third-order valence-corrected chi connectivity index (χ3v) is 2.88. The molecule has 2 aromatic rings. The van der Waals surface area contributed by atoms with Crippen molar-refractivity contribution in [3.8, 4) is 5.75 Å². The van der Waals surface area contributed by atoms with Crippen molar-refractivity contribution in [2.75, 3.05) is 19.4 Å². The van der Waals surface area contributed by atoms with Crippen LogP contribution >= 0.6 is 0 Å². The van der Waals surface area contributed by atoms with Crippen LogP contribution in [0.2, 0.25) is 0 Å². The van der Waals surface area contributed by atoms with E-state index in [2.05, 4.69) is 10.3 Å². The third kappa shape index (κ3) is 3.47. The number of aromatic nitrogens is 1. The number of hydrogen-bond donors (Lipinski definition) is 2. The number of hydrogen-bond acceptors (Lipinski definition) is 4. The van der Waals surface area contributed by atoms with E-state index in [-0.39, 0.29) is 5.91 Å². The molecule has 1 heterocycles. The molecule has 0 saturated carbocycles. The van der Waals surface area contributed by atoms with Crippen LogP contribution in [-0.4, -0.2) is 24.5 Å². The topological polar surface area (TPSA) is 77.2 Å². The fraction of sp³-hybridized carbons (Fsp3) is 0.200. The summed E-state index contributed by atoms with van der Waals surface area (Å²) in [5.74, 6) is 0.929. The van der Waals surface area contributed by atoms with Gasteiger partial charge in [-0.3, -0.25) is 4.79 Å². The zero-order chi connectivity index (χ0) is 14.4. The number of nitrogens with zero attached hydrogens (tertiary/aromatic N) is 1. The Morgan fingerprint density at radius 3 is 2.80 bits per heavy atom. The number of benzene rings is 1. The van der Waals surface area contributed by atoms with Crippen molar-refractivity contribution >= 4 is 11.7 Å². The van der Waals surface area contributed by atoms with Crippen molar-refractivity contribution in [3.63, 3.8) is 0 Å². The number of carbonyl (C=O) groups excluding carboxylic acids is 1. The van der Waals surface area contributed by atoms with Crippen LogP contribution in [0.25, 0.3) is 0 Å². The molecule has 0 aliphatic heterocycles. The maximum Gasteiger partial charge on any atom is 0.269 e. The summed E-state index contributed by atoms with van der Waals surface area (Å²) in [7, 11) is 1.63. The average molecular weight is 271 g/mol. The van der Waals surface area contributed by atoms with E-state index in [4.69, 9.17) is 10.5 Å². The van der Waals surface area contributed by atoms with E-state index in [1.165, 1.54) is 0 Å². The molecular weight excluding hydrogens is 254 g/mol. The van der Waals surface area contributed by atoms with Crippen LogP contribution in [0.5, 0.6) is 5.75 Å². The molecule has 0 spiro atoms. The fourth-order valence-electron chi connectivity index (χ4n) is 1.89. The van der Waals surface area contributed by atoms with Gasteiger partial charge in [0.25, 0.3) is 5.91 Å². The van der Waals surface area contributed by atoms with Gasteiger partial charge in [-0.05, 0) is 30.2 Å². The number of ether oxygens (including phenoxy) is 1. The van der Waals surface area contributed by atoms with Gasteiger partial charge in [0, 0.05) is 6.54 Å². The molecule has 0 bridgehead atoms. The molecule has 5 heteroatoms. The Labute approximate surface area is 117 Å². The van der Waals surface area contributed by atoms with Gasteiger partial charge in [-0.2, -0.15) is 0 Å². The Kier molecular flexibility index (Phi) is 4.55. The molecule has 0 radical (unpaired) electrons. The Bertz CT molecular complexity index is 599. The quantitative estimate of drug-likeness (QED) is 0.866. The monoisotopic (exact) mass is 271 g/mol. The molecule has 3 N–H and O–H groups in total. The van der Waals surface area contributed by atoms with Gasteiger partial charge >= 0.3 is 0 Å². The average Bonchev–Trinajstić information content (AvgIpc) is 2.47. The highest BCUT2D eigenvalue weighted by Crippen LogP contribution is 2.17. The number of pyridine rings is 1. The van der Waals surface area contributed by atoms with E-state index < -0.39 is 0 Å². The Hall–Kier alpha value is -2.56. The number of amides is 1. The summed E-state index contributed by atoms with van der Waals surface area (Å²) in [4.78, 5) is 15.9. The molecule has 1 aromatic heterocycles. The molecule has 0 saturated heterocycles. The molecular formula is C15H17N3O2. The lowest BCUT2D eigenvalue weighted by molar-refractivity contribution is 0.0949. The molecule has 0 atom stereocenters.